The molecule has 0 spiro atoms. The van der Waals surface area contributed by atoms with Crippen LogP contribution in [0.3, 0.4) is 0 Å². The highest BCUT2D eigenvalue weighted by molar-refractivity contribution is 7.09. The van der Waals surface area contributed by atoms with E-state index in [4.69, 9.17) is 34.8 Å². The molecule has 1 atom stereocenters. The van der Waals surface area contributed by atoms with Crippen molar-refractivity contribution in [1.29, 1.82) is 0 Å². The van der Waals surface area contributed by atoms with Crippen molar-refractivity contribution in [3.05, 3.63) is 61.5 Å². The molecule has 0 radical (unpaired) electrons. The molecule has 38 heavy (non-hydrogen) atoms. The van der Waals surface area contributed by atoms with Gasteiger partial charge in [-0.05, 0) is 36.6 Å². The second kappa shape index (κ2) is 11.1. The van der Waals surface area contributed by atoms with Crippen molar-refractivity contribution in [3.63, 3.8) is 0 Å². The van der Waals surface area contributed by atoms with Gasteiger partial charge < -0.3 is 20.1 Å². The molecule has 3 heterocycles. The average molecular weight is 604 g/mol. The molecule has 2 N–H and O–H groups in total. The van der Waals surface area contributed by atoms with Crippen molar-refractivity contribution in [1.82, 2.24) is 19.9 Å². The van der Waals surface area contributed by atoms with Crippen LogP contribution in [0.5, 0.6) is 0 Å². The first-order valence-corrected chi connectivity index (χ1v) is 13.9. The van der Waals surface area contributed by atoms with Gasteiger partial charge in [-0.25, -0.2) is 9.97 Å². The maximum absolute atomic E-state index is 13.4. The van der Waals surface area contributed by atoms with Gasteiger partial charge in [0.15, 0.2) is 0 Å². The number of alkyl halides is 3. The summed E-state index contributed by atoms with van der Waals surface area (Å²) in [4.78, 5) is 10.6. The second-order valence-electron chi connectivity index (χ2n) is 9.16. The largest absolute Gasteiger partial charge is 0.393 e. The lowest BCUT2D eigenvalue weighted by molar-refractivity contribution is -0.175. The van der Waals surface area contributed by atoms with E-state index in [9.17, 15) is 13.2 Å². The van der Waals surface area contributed by atoms with Crippen molar-refractivity contribution in [2.24, 2.45) is 13.0 Å². The van der Waals surface area contributed by atoms with Gasteiger partial charge in [-0.3, -0.25) is 0 Å². The summed E-state index contributed by atoms with van der Waals surface area (Å²) in [7, 11) is 1.81. The van der Waals surface area contributed by atoms with Gasteiger partial charge >= 0.3 is 6.18 Å². The van der Waals surface area contributed by atoms with E-state index in [-0.39, 0.29) is 13.0 Å². The van der Waals surface area contributed by atoms with E-state index in [1.54, 1.807) is 45.2 Å². The lowest BCUT2D eigenvalue weighted by Gasteiger charge is -2.35. The third kappa shape index (κ3) is 5.70. The van der Waals surface area contributed by atoms with Crippen LogP contribution in [-0.2, 0) is 20.1 Å². The molecule has 1 aliphatic rings. The highest BCUT2D eigenvalue weighted by Gasteiger charge is 2.42. The van der Waals surface area contributed by atoms with Crippen LogP contribution >= 0.6 is 46.1 Å². The normalized spacial score (nSPS) is 16.4. The summed E-state index contributed by atoms with van der Waals surface area (Å²) in [5.41, 5.74) is 3.24. The lowest BCUT2D eigenvalue weighted by atomic mass is 9.97. The Bertz CT molecular complexity index is 1440. The third-order valence-electron chi connectivity index (χ3n) is 6.66. The molecular formula is C25H24Cl3F3N6S. The minimum atomic E-state index is -4.23. The van der Waals surface area contributed by atoms with Crippen LogP contribution in [0, 0.1) is 5.92 Å². The number of aryl methyl sites for hydroxylation is 1. The first-order valence-electron chi connectivity index (χ1n) is 11.9. The van der Waals surface area contributed by atoms with Gasteiger partial charge in [0.05, 0.1) is 43.4 Å². The quantitative estimate of drug-likeness (QED) is 0.226. The molecule has 0 amide bonds. The van der Waals surface area contributed by atoms with Crippen LogP contribution in [-0.4, -0.2) is 33.8 Å². The SMILES string of the molecule is Cn1c(Nc2c(Cl)ccc(CNCc3nccs3)c2Cl)nc2cc(Cl)c(N3CCCC(C(F)(F)F)C3)cc21. The molecule has 202 valence electrons. The predicted molar refractivity (Wildman–Crippen MR) is 149 cm³/mol. The smallest absolute Gasteiger partial charge is 0.370 e. The molecule has 1 fully saturated rings. The van der Waals surface area contributed by atoms with Crippen LogP contribution in [0.2, 0.25) is 15.1 Å². The van der Waals surface area contributed by atoms with Crippen LogP contribution in [0.25, 0.3) is 11.0 Å². The zero-order valence-electron chi connectivity index (χ0n) is 20.2. The minimum Gasteiger partial charge on any atom is -0.370 e. The Morgan fingerprint density at radius 3 is 2.68 bits per heavy atom. The van der Waals surface area contributed by atoms with Gasteiger partial charge in [-0.2, -0.15) is 13.2 Å². The Morgan fingerprint density at radius 1 is 1.13 bits per heavy atom. The van der Waals surface area contributed by atoms with Crippen LogP contribution in [0.15, 0.2) is 35.8 Å². The number of anilines is 3. The van der Waals surface area contributed by atoms with Crippen LogP contribution < -0.4 is 15.5 Å². The molecule has 0 saturated carbocycles. The van der Waals surface area contributed by atoms with E-state index in [0.29, 0.717) is 64.0 Å². The van der Waals surface area contributed by atoms with Crippen LogP contribution in [0.4, 0.5) is 30.5 Å². The third-order valence-corrected chi connectivity index (χ3v) is 8.49. The minimum absolute atomic E-state index is 0.119. The van der Waals surface area contributed by atoms with E-state index < -0.39 is 12.1 Å². The number of piperidine rings is 1. The molecule has 0 bridgehead atoms. The number of fused-ring (bicyclic) bond motifs is 1. The molecular weight excluding hydrogens is 580 g/mol. The first kappa shape index (κ1) is 27.3. The summed E-state index contributed by atoms with van der Waals surface area (Å²) in [6.07, 6.45) is -1.90. The number of halogens is 6. The van der Waals surface area contributed by atoms with Gasteiger partial charge in [0.1, 0.15) is 5.01 Å². The summed E-state index contributed by atoms with van der Waals surface area (Å²) in [6.45, 7) is 1.52. The van der Waals surface area contributed by atoms with E-state index in [1.807, 2.05) is 18.5 Å². The highest BCUT2D eigenvalue weighted by Crippen LogP contribution is 2.40. The number of hydrogen-bond acceptors (Lipinski definition) is 6. The Labute approximate surface area is 236 Å². The molecule has 5 rings (SSSR count). The monoisotopic (exact) mass is 602 g/mol. The summed E-state index contributed by atoms with van der Waals surface area (Å²) in [5, 5.41) is 10.7. The van der Waals surface area contributed by atoms with Crippen molar-refractivity contribution >= 4 is 74.5 Å². The molecule has 13 heteroatoms. The summed E-state index contributed by atoms with van der Waals surface area (Å²) < 4.78 is 41.9. The number of nitrogens with zero attached hydrogens (tertiary/aromatic N) is 4. The zero-order valence-corrected chi connectivity index (χ0v) is 23.3. The van der Waals surface area contributed by atoms with Gasteiger partial charge in [0, 0.05) is 44.8 Å². The molecule has 1 saturated heterocycles. The molecule has 1 unspecified atom stereocenters. The maximum atomic E-state index is 13.4. The molecule has 1 aliphatic heterocycles. The molecule has 2 aromatic carbocycles. The Morgan fingerprint density at radius 2 is 1.95 bits per heavy atom. The molecule has 6 nitrogen and oxygen atoms in total. The van der Waals surface area contributed by atoms with Gasteiger partial charge in [-0.15, -0.1) is 11.3 Å². The summed E-state index contributed by atoms with van der Waals surface area (Å²) >= 11 is 21.3. The molecule has 2 aromatic heterocycles. The first-order chi connectivity index (χ1) is 18.1. The number of benzene rings is 2. The van der Waals surface area contributed by atoms with Crippen molar-refractivity contribution in [2.75, 3.05) is 23.3 Å². The Kier molecular flexibility index (Phi) is 7.98. The highest BCUT2D eigenvalue weighted by atomic mass is 35.5. The Balaban J connectivity index is 1.39. The fourth-order valence-electron chi connectivity index (χ4n) is 4.62. The van der Waals surface area contributed by atoms with E-state index in [0.717, 1.165) is 16.1 Å². The maximum Gasteiger partial charge on any atom is 0.393 e. The zero-order chi connectivity index (χ0) is 27.0. The molecule has 4 aromatic rings. The van der Waals surface area contributed by atoms with E-state index in [1.165, 1.54) is 0 Å². The topological polar surface area (TPSA) is 58.0 Å². The predicted octanol–water partition coefficient (Wildman–Crippen LogP) is 7.80. The standard InChI is InChI=1S/C25H24Cl3F3N6S/c1-36-20-10-19(37-7-2-3-15(13-37)25(29,30)31)17(27)9-18(20)34-24(36)35-23-16(26)5-4-14(22(23)28)11-32-12-21-33-6-8-38-21/h4-6,8-10,15,32H,2-3,7,11-13H2,1H3,(H,34,35). The summed E-state index contributed by atoms with van der Waals surface area (Å²) in [6, 6.07) is 7.09. The molecule has 0 aliphatic carbocycles. The Hall–Kier alpha value is -2.24. The van der Waals surface area contributed by atoms with Crippen molar-refractivity contribution in [2.45, 2.75) is 32.1 Å². The van der Waals surface area contributed by atoms with Gasteiger partial charge in [0.2, 0.25) is 5.95 Å². The fraction of sp³-hybridized carbons (Fsp3) is 0.360. The number of thiazole rings is 1. The van der Waals surface area contributed by atoms with Crippen molar-refractivity contribution in [3.8, 4) is 0 Å². The summed E-state index contributed by atoms with van der Waals surface area (Å²) in [5.74, 6) is -0.906. The average Bonchev–Trinajstić information content (AvgIpc) is 3.50. The number of aromatic nitrogens is 3. The number of rotatable bonds is 7. The second-order valence-corrected chi connectivity index (χ2v) is 11.3. The van der Waals surface area contributed by atoms with Crippen LogP contribution in [0.1, 0.15) is 23.4 Å². The fourth-order valence-corrected chi connectivity index (χ4v) is 6.02. The number of nitrogens with one attached hydrogen (secondary N) is 2. The van der Waals surface area contributed by atoms with Crippen molar-refractivity contribution < 1.29 is 13.2 Å². The number of hydrogen-bond donors (Lipinski definition) is 2. The van der Waals surface area contributed by atoms with Gasteiger partial charge in [-0.1, -0.05) is 40.9 Å². The van der Waals surface area contributed by atoms with Gasteiger partial charge in [0.25, 0.3) is 0 Å². The van der Waals surface area contributed by atoms with E-state index in [2.05, 4.69) is 20.6 Å². The lowest BCUT2D eigenvalue weighted by Crippen LogP contribution is -2.41. The number of imidazole rings is 1. The van der Waals surface area contributed by atoms with E-state index >= 15 is 0 Å².